The van der Waals surface area contributed by atoms with Crippen molar-refractivity contribution in [3.8, 4) is 0 Å². The normalized spacial score (nSPS) is 24.1. The van der Waals surface area contributed by atoms with Gasteiger partial charge in [0.15, 0.2) is 0 Å². The van der Waals surface area contributed by atoms with Gasteiger partial charge in [0.25, 0.3) is 0 Å². The Morgan fingerprint density at radius 1 is 1.17 bits per heavy atom. The van der Waals surface area contributed by atoms with Crippen molar-refractivity contribution >= 4 is 17.5 Å². The molecule has 0 radical (unpaired) electrons. The van der Waals surface area contributed by atoms with E-state index in [0.717, 1.165) is 44.2 Å². The number of likely N-dealkylation sites (N-methyl/N-ethyl adjacent to an activating group) is 1. The molecule has 1 aromatic rings. The highest BCUT2D eigenvalue weighted by Crippen LogP contribution is 2.25. The lowest BCUT2D eigenvalue weighted by Gasteiger charge is -2.33. The first-order chi connectivity index (χ1) is 14.0. The van der Waals surface area contributed by atoms with Crippen LogP contribution in [0.25, 0.3) is 0 Å². The fourth-order valence-corrected chi connectivity index (χ4v) is 5.03. The minimum absolute atomic E-state index is 0.0536. The molecule has 2 aliphatic heterocycles. The van der Waals surface area contributed by atoms with Crippen LogP contribution in [0, 0.1) is 0 Å². The Bertz CT molecular complexity index is 658. The van der Waals surface area contributed by atoms with Gasteiger partial charge < -0.3 is 15.1 Å². The van der Waals surface area contributed by atoms with Crippen molar-refractivity contribution < 1.29 is 4.79 Å². The van der Waals surface area contributed by atoms with E-state index in [0.29, 0.717) is 12.1 Å². The lowest BCUT2D eigenvalue weighted by atomic mass is 10.0. The lowest BCUT2D eigenvalue weighted by molar-refractivity contribution is -0.135. The van der Waals surface area contributed by atoms with Crippen molar-refractivity contribution in [2.24, 2.45) is 0 Å². The van der Waals surface area contributed by atoms with Crippen LogP contribution in [0.4, 0.5) is 0 Å². The highest BCUT2D eigenvalue weighted by Gasteiger charge is 2.39. The molecule has 5 nitrogen and oxygen atoms in total. The molecule has 3 rings (SSSR count). The van der Waals surface area contributed by atoms with Gasteiger partial charge >= 0.3 is 0 Å². The van der Waals surface area contributed by atoms with E-state index in [1.807, 2.05) is 23.1 Å². The zero-order chi connectivity index (χ0) is 20.8. The number of halogens is 1. The zero-order valence-corrected chi connectivity index (χ0v) is 19.0. The van der Waals surface area contributed by atoms with Crippen molar-refractivity contribution in [3.05, 3.63) is 34.9 Å². The van der Waals surface area contributed by atoms with Gasteiger partial charge in [0.05, 0.1) is 6.04 Å². The van der Waals surface area contributed by atoms with Gasteiger partial charge in [-0.2, -0.15) is 0 Å². The largest absolute Gasteiger partial charge is 0.342 e. The van der Waals surface area contributed by atoms with Gasteiger partial charge in [-0.25, -0.2) is 0 Å². The smallest absolute Gasteiger partial charge is 0.239 e. The van der Waals surface area contributed by atoms with E-state index in [1.165, 1.54) is 31.5 Å². The van der Waals surface area contributed by atoms with E-state index in [-0.39, 0.29) is 11.9 Å². The molecular weight excluding hydrogens is 384 g/mol. The van der Waals surface area contributed by atoms with Gasteiger partial charge in [0, 0.05) is 43.3 Å². The maximum Gasteiger partial charge on any atom is 0.239 e. The fourth-order valence-electron chi connectivity index (χ4n) is 4.82. The van der Waals surface area contributed by atoms with Crippen molar-refractivity contribution in [3.63, 3.8) is 0 Å². The summed E-state index contributed by atoms with van der Waals surface area (Å²) < 4.78 is 0. The average Bonchev–Trinajstić information content (AvgIpc) is 3.11. The minimum Gasteiger partial charge on any atom is -0.342 e. The number of amides is 1. The molecule has 1 N–H and O–H groups in total. The van der Waals surface area contributed by atoms with Crippen LogP contribution in [0.5, 0.6) is 0 Å². The SMILES string of the molecule is CCN1CCC(N[C@@H]2C[C@@H](C(=O)N(CC)CC)N(Cc3cccc(Cl)c3)C2)CC1. The Morgan fingerprint density at radius 3 is 2.52 bits per heavy atom. The Balaban J connectivity index is 1.67. The molecule has 162 valence electrons. The molecule has 29 heavy (non-hydrogen) atoms. The number of likely N-dealkylation sites (tertiary alicyclic amines) is 2. The summed E-state index contributed by atoms with van der Waals surface area (Å²) in [6.07, 6.45) is 3.30. The number of hydrogen-bond acceptors (Lipinski definition) is 4. The molecule has 2 fully saturated rings. The molecule has 6 heteroatoms. The Labute approximate surface area is 181 Å². The lowest BCUT2D eigenvalue weighted by Crippen LogP contribution is -2.46. The summed E-state index contributed by atoms with van der Waals surface area (Å²) in [6.45, 7) is 13.1. The van der Waals surface area contributed by atoms with Gasteiger partial charge in [0.1, 0.15) is 0 Å². The summed E-state index contributed by atoms with van der Waals surface area (Å²) in [5, 5.41) is 4.64. The van der Waals surface area contributed by atoms with Crippen molar-refractivity contribution in [1.29, 1.82) is 0 Å². The number of benzene rings is 1. The quantitative estimate of drug-likeness (QED) is 0.700. The summed E-state index contributed by atoms with van der Waals surface area (Å²) in [7, 11) is 0. The summed E-state index contributed by atoms with van der Waals surface area (Å²) in [6, 6.07) is 8.90. The highest BCUT2D eigenvalue weighted by molar-refractivity contribution is 6.30. The van der Waals surface area contributed by atoms with Gasteiger partial charge in [-0.15, -0.1) is 0 Å². The molecule has 2 atom stereocenters. The predicted octanol–water partition coefficient (Wildman–Crippen LogP) is 3.23. The molecule has 1 aromatic carbocycles. The maximum absolute atomic E-state index is 13.2. The van der Waals surface area contributed by atoms with Gasteiger partial charge in [0.2, 0.25) is 5.91 Å². The Hall–Kier alpha value is -1.14. The Morgan fingerprint density at radius 2 is 1.90 bits per heavy atom. The number of nitrogens with one attached hydrogen (secondary N) is 1. The highest BCUT2D eigenvalue weighted by atomic mass is 35.5. The second-order valence-electron chi connectivity index (χ2n) is 8.39. The van der Waals surface area contributed by atoms with Gasteiger partial charge in [-0.3, -0.25) is 9.69 Å². The number of piperidine rings is 1. The summed E-state index contributed by atoms with van der Waals surface area (Å²) in [5.41, 5.74) is 1.17. The number of carbonyl (C=O) groups excluding carboxylic acids is 1. The van der Waals surface area contributed by atoms with Crippen LogP contribution >= 0.6 is 11.6 Å². The number of rotatable bonds is 8. The average molecular weight is 421 g/mol. The molecule has 0 aromatic heterocycles. The predicted molar refractivity (Wildman–Crippen MR) is 120 cm³/mol. The molecule has 1 amide bonds. The molecule has 0 unspecified atom stereocenters. The second-order valence-corrected chi connectivity index (χ2v) is 8.83. The first-order valence-electron chi connectivity index (χ1n) is 11.3. The zero-order valence-electron chi connectivity index (χ0n) is 18.2. The van der Waals surface area contributed by atoms with Crippen molar-refractivity contribution in [1.82, 2.24) is 20.0 Å². The number of carbonyl (C=O) groups is 1. The molecule has 2 heterocycles. The Kier molecular flexibility index (Phi) is 8.36. The molecule has 0 spiro atoms. The minimum atomic E-state index is -0.0536. The van der Waals surface area contributed by atoms with E-state index in [2.05, 4.69) is 42.0 Å². The van der Waals surface area contributed by atoms with Crippen LogP contribution in [-0.4, -0.2) is 78.0 Å². The fraction of sp³-hybridized carbons (Fsp3) is 0.696. The second kappa shape index (κ2) is 10.8. The summed E-state index contributed by atoms with van der Waals surface area (Å²) in [5.74, 6) is 0.266. The van der Waals surface area contributed by atoms with E-state index < -0.39 is 0 Å². The van der Waals surface area contributed by atoms with Crippen LogP contribution < -0.4 is 5.32 Å². The van der Waals surface area contributed by atoms with E-state index in [9.17, 15) is 4.79 Å². The van der Waals surface area contributed by atoms with Crippen LogP contribution in [0.3, 0.4) is 0 Å². The number of nitrogens with zero attached hydrogens (tertiary/aromatic N) is 3. The third-order valence-electron chi connectivity index (χ3n) is 6.54. The topological polar surface area (TPSA) is 38.8 Å². The molecule has 0 aliphatic carbocycles. The van der Waals surface area contributed by atoms with Crippen LogP contribution in [0.15, 0.2) is 24.3 Å². The van der Waals surface area contributed by atoms with Crippen LogP contribution in [0.1, 0.15) is 45.6 Å². The molecular formula is C23H37ClN4O. The van der Waals surface area contributed by atoms with Crippen LogP contribution in [-0.2, 0) is 11.3 Å². The summed E-state index contributed by atoms with van der Waals surface area (Å²) in [4.78, 5) is 20.1. The van der Waals surface area contributed by atoms with Gasteiger partial charge in [-0.1, -0.05) is 30.7 Å². The first-order valence-corrected chi connectivity index (χ1v) is 11.7. The van der Waals surface area contributed by atoms with Crippen molar-refractivity contribution in [2.45, 2.75) is 64.7 Å². The molecule has 2 saturated heterocycles. The standard InChI is InChI=1S/C23H37ClN4O/c1-4-26-12-10-20(11-13-26)25-21-15-22(23(29)27(5-2)6-3)28(17-21)16-18-8-7-9-19(24)14-18/h7-9,14,20-22,25H,4-6,10-13,15-17H2,1-3H3/t21-,22+/m1/s1. The third-order valence-corrected chi connectivity index (χ3v) is 6.78. The van der Waals surface area contributed by atoms with Crippen molar-refractivity contribution in [2.75, 3.05) is 39.3 Å². The molecule has 0 saturated carbocycles. The first kappa shape index (κ1) is 22.5. The van der Waals surface area contributed by atoms with E-state index in [1.54, 1.807) is 0 Å². The summed E-state index contributed by atoms with van der Waals surface area (Å²) >= 11 is 6.20. The molecule has 0 bridgehead atoms. The van der Waals surface area contributed by atoms with E-state index >= 15 is 0 Å². The monoisotopic (exact) mass is 420 g/mol. The number of hydrogen-bond donors (Lipinski definition) is 1. The maximum atomic E-state index is 13.2. The van der Waals surface area contributed by atoms with Crippen LogP contribution in [0.2, 0.25) is 5.02 Å². The van der Waals surface area contributed by atoms with Gasteiger partial charge in [-0.05, 0) is 70.4 Å². The third kappa shape index (κ3) is 5.94. The molecule has 2 aliphatic rings. The van der Waals surface area contributed by atoms with E-state index in [4.69, 9.17) is 11.6 Å².